The summed E-state index contributed by atoms with van der Waals surface area (Å²) in [5.74, 6) is 6.41. The molecular formula is C14H11Cl2N5OS2. The fourth-order valence-corrected chi connectivity index (χ4v) is 3.56. The van der Waals surface area contributed by atoms with Crippen LogP contribution >= 0.6 is 46.3 Å². The van der Waals surface area contributed by atoms with Crippen molar-refractivity contribution in [3.8, 4) is 10.7 Å². The van der Waals surface area contributed by atoms with Gasteiger partial charge in [-0.25, -0.2) is 4.68 Å². The van der Waals surface area contributed by atoms with Crippen molar-refractivity contribution in [2.45, 2.75) is 5.16 Å². The summed E-state index contributed by atoms with van der Waals surface area (Å²) in [5, 5.41) is 14.1. The van der Waals surface area contributed by atoms with Gasteiger partial charge < -0.3 is 11.2 Å². The molecule has 0 unspecified atom stereocenters. The Balaban J connectivity index is 1.64. The van der Waals surface area contributed by atoms with Crippen molar-refractivity contribution in [3.63, 3.8) is 0 Å². The van der Waals surface area contributed by atoms with Gasteiger partial charge >= 0.3 is 0 Å². The molecule has 3 N–H and O–H groups in total. The number of hydrogen-bond acceptors (Lipinski definition) is 6. The second-order valence-corrected chi connectivity index (χ2v) is 7.35. The van der Waals surface area contributed by atoms with E-state index in [1.807, 2.05) is 17.5 Å². The second-order valence-electron chi connectivity index (χ2n) is 4.61. The highest BCUT2D eigenvalue weighted by molar-refractivity contribution is 7.99. The first-order valence-electron chi connectivity index (χ1n) is 6.66. The Hall–Kier alpha value is -1.74. The molecule has 0 bridgehead atoms. The van der Waals surface area contributed by atoms with E-state index in [-0.39, 0.29) is 11.7 Å². The largest absolute Gasteiger partial charge is 0.335 e. The lowest BCUT2D eigenvalue weighted by molar-refractivity contribution is -0.113. The number of nitrogens with zero attached hydrogens (tertiary/aromatic N) is 3. The van der Waals surface area contributed by atoms with E-state index in [1.165, 1.54) is 27.8 Å². The summed E-state index contributed by atoms with van der Waals surface area (Å²) in [7, 11) is 0. The van der Waals surface area contributed by atoms with E-state index in [9.17, 15) is 4.79 Å². The number of amides is 1. The summed E-state index contributed by atoms with van der Waals surface area (Å²) in [6.07, 6.45) is 0. The van der Waals surface area contributed by atoms with Crippen LogP contribution in [0.25, 0.3) is 10.7 Å². The van der Waals surface area contributed by atoms with E-state index >= 15 is 0 Å². The molecule has 0 atom stereocenters. The minimum Gasteiger partial charge on any atom is -0.335 e. The minimum atomic E-state index is -0.246. The summed E-state index contributed by atoms with van der Waals surface area (Å²) < 4.78 is 1.37. The zero-order valence-electron chi connectivity index (χ0n) is 12.1. The monoisotopic (exact) mass is 399 g/mol. The fourth-order valence-electron chi connectivity index (χ4n) is 1.86. The van der Waals surface area contributed by atoms with E-state index in [0.717, 1.165) is 4.88 Å². The molecule has 3 rings (SSSR count). The maximum atomic E-state index is 12.1. The number of nitrogen functional groups attached to an aromatic ring is 1. The van der Waals surface area contributed by atoms with E-state index in [1.54, 1.807) is 18.2 Å². The lowest BCUT2D eigenvalue weighted by Crippen LogP contribution is -2.16. The molecule has 10 heteroatoms. The van der Waals surface area contributed by atoms with Crippen LogP contribution < -0.4 is 11.2 Å². The van der Waals surface area contributed by atoms with Crippen molar-refractivity contribution in [2.75, 3.05) is 16.9 Å². The number of rotatable bonds is 5. The van der Waals surface area contributed by atoms with Crippen LogP contribution in [-0.4, -0.2) is 26.5 Å². The van der Waals surface area contributed by atoms with Gasteiger partial charge in [-0.3, -0.25) is 4.79 Å². The molecule has 0 fully saturated rings. The Morgan fingerprint density at radius 2 is 2.17 bits per heavy atom. The third-order valence-corrected chi connectivity index (χ3v) is 5.31. The molecule has 2 aromatic heterocycles. The molecule has 124 valence electrons. The Morgan fingerprint density at radius 3 is 2.92 bits per heavy atom. The Labute approximate surface area is 155 Å². The van der Waals surface area contributed by atoms with E-state index in [0.29, 0.717) is 26.7 Å². The second kappa shape index (κ2) is 7.43. The molecule has 0 radical (unpaired) electrons. The first kappa shape index (κ1) is 17.1. The number of thiophene rings is 1. The number of nitrogens with two attached hydrogens (primary N) is 1. The van der Waals surface area contributed by atoms with Gasteiger partial charge in [-0.2, -0.15) is 0 Å². The normalized spacial score (nSPS) is 10.8. The average Bonchev–Trinajstić information content (AvgIpc) is 3.18. The van der Waals surface area contributed by atoms with Gasteiger partial charge in [0.05, 0.1) is 21.3 Å². The Bertz CT molecular complexity index is 866. The summed E-state index contributed by atoms with van der Waals surface area (Å²) in [5.41, 5.74) is 0.461. The number of carbonyl (C=O) groups is 1. The first-order valence-corrected chi connectivity index (χ1v) is 9.29. The Kier molecular flexibility index (Phi) is 5.30. The average molecular weight is 400 g/mol. The van der Waals surface area contributed by atoms with Crippen molar-refractivity contribution in [3.05, 3.63) is 45.8 Å². The van der Waals surface area contributed by atoms with Gasteiger partial charge in [-0.05, 0) is 29.6 Å². The smallest absolute Gasteiger partial charge is 0.234 e. The third-order valence-electron chi connectivity index (χ3n) is 2.94. The minimum absolute atomic E-state index is 0.114. The van der Waals surface area contributed by atoms with Crippen molar-refractivity contribution in [1.29, 1.82) is 0 Å². The van der Waals surface area contributed by atoms with E-state index < -0.39 is 0 Å². The van der Waals surface area contributed by atoms with E-state index in [2.05, 4.69) is 15.5 Å². The summed E-state index contributed by atoms with van der Waals surface area (Å²) in [6, 6.07) is 8.67. The maximum absolute atomic E-state index is 12.1. The highest BCUT2D eigenvalue weighted by Crippen LogP contribution is 2.27. The number of halogens is 2. The number of anilines is 1. The molecule has 0 aliphatic carbocycles. The fraction of sp³-hybridized carbons (Fsp3) is 0.0714. The van der Waals surface area contributed by atoms with Crippen molar-refractivity contribution in [1.82, 2.24) is 14.9 Å². The number of aromatic nitrogens is 3. The number of nitrogens with one attached hydrogen (secondary N) is 1. The van der Waals surface area contributed by atoms with Gasteiger partial charge in [0.1, 0.15) is 0 Å². The standard InChI is InChI=1S/C14H11Cl2N5OS2/c15-8-3-4-9(16)10(6-8)18-12(22)7-24-14-20-19-13(21(14)17)11-2-1-5-23-11/h1-6H,7,17H2,(H,18,22). The van der Waals surface area contributed by atoms with Crippen LogP contribution in [0.5, 0.6) is 0 Å². The highest BCUT2D eigenvalue weighted by Gasteiger charge is 2.15. The number of thioether (sulfide) groups is 1. The van der Waals surface area contributed by atoms with Crippen molar-refractivity contribution < 1.29 is 4.79 Å². The van der Waals surface area contributed by atoms with Crippen LogP contribution in [-0.2, 0) is 4.79 Å². The van der Waals surface area contributed by atoms with Gasteiger partial charge in [-0.15, -0.1) is 21.5 Å². The topological polar surface area (TPSA) is 85.8 Å². The predicted molar refractivity (Wildman–Crippen MR) is 99.3 cm³/mol. The molecular weight excluding hydrogens is 389 g/mol. The number of hydrogen-bond donors (Lipinski definition) is 2. The van der Waals surface area contributed by atoms with Gasteiger partial charge in [-0.1, -0.05) is 41.0 Å². The van der Waals surface area contributed by atoms with Crippen LogP contribution in [0.4, 0.5) is 5.69 Å². The lowest BCUT2D eigenvalue weighted by Gasteiger charge is -2.07. The molecule has 0 saturated carbocycles. The number of carbonyl (C=O) groups excluding carboxylic acids is 1. The highest BCUT2D eigenvalue weighted by atomic mass is 35.5. The molecule has 24 heavy (non-hydrogen) atoms. The zero-order valence-corrected chi connectivity index (χ0v) is 15.2. The zero-order chi connectivity index (χ0) is 17.1. The summed E-state index contributed by atoms with van der Waals surface area (Å²) >= 11 is 14.6. The van der Waals surface area contributed by atoms with Gasteiger partial charge in [0.2, 0.25) is 11.1 Å². The molecule has 1 amide bonds. The van der Waals surface area contributed by atoms with Crippen LogP contribution in [0.3, 0.4) is 0 Å². The molecule has 2 heterocycles. The predicted octanol–water partition coefficient (Wildman–Crippen LogP) is 3.76. The van der Waals surface area contributed by atoms with Crippen molar-refractivity contribution in [2.24, 2.45) is 0 Å². The van der Waals surface area contributed by atoms with Gasteiger partial charge in [0.15, 0.2) is 5.82 Å². The van der Waals surface area contributed by atoms with Crippen molar-refractivity contribution >= 4 is 57.9 Å². The first-order chi connectivity index (χ1) is 11.5. The van der Waals surface area contributed by atoms with Gasteiger partial charge in [0, 0.05) is 5.02 Å². The molecule has 0 aliphatic heterocycles. The molecule has 1 aromatic carbocycles. The third kappa shape index (κ3) is 3.84. The molecule has 6 nitrogen and oxygen atoms in total. The van der Waals surface area contributed by atoms with Gasteiger partial charge in [0.25, 0.3) is 0 Å². The Morgan fingerprint density at radius 1 is 1.33 bits per heavy atom. The summed E-state index contributed by atoms with van der Waals surface area (Å²) in [4.78, 5) is 13.0. The molecule has 0 spiro atoms. The SMILES string of the molecule is Nn1c(SCC(=O)Nc2cc(Cl)ccc2Cl)nnc1-c1cccs1. The molecule has 3 aromatic rings. The lowest BCUT2D eigenvalue weighted by atomic mass is 10.3. The molecule has 0 aliphatic rings. The van der Waals surface area contributed by atoms with Crippen LogP contribution in [0.15, 0.2) is 40.9 Å². The molecule has 0 saturated heterocycles. The number of benzene rings is 1. The quantitative estimate of drug-likeness (QED) is 0.503. The maximum Gasteiger partial charge on any atom is 0.234 e. The summed E-state index contributed by atoms with van der Waals surface area (Å²) in [6.45, 7) is 0. The van der Waals surface area contributed by atoms with Crippen LogP contribution in [0, 0.1) is 0 Å². The van der Waals surface area contributed by atoms with E-state index in [4.69, 9.17) is 29.0 Å². The van der Waals surface area contributed by atoms with Crippen LogP contribution in [0.2, 0.25) is 10.0 Å². The van der Waals surface area contributed by atoms with Crippen LogP contribution in [0.1, 0.15) is 0 Å².